The molecule has 2 atom stereocenters. The van der Waals surface area contributed by atoms with Gasteiger partial charge in [0.25, 0.3) is 0 Å². The van der Waals surface area contributed by atoms with Crippen LogP contribution in [0.5, 0.6) is 0 Å². The SMILES string of the molecule is Cc1cc(Br)cc(C)c1C(O)C(O)CCNC(=O)OCC1c2ccccc2-c2ccccc21. The number of alkyl carbamates (subject to hydrolysis) is 1. The molecule has 172 valence electrons. The molecule has 3 aromatic carbocycles. The quantitative estimate of drug-likeness (QED) is 0.399. The molecule has 2 unspecified atom stereocenters. The predicted octanol–water partition coefficient (Wildman–Crippen LogP) is 5.39. The molecule has 1 aliphatic rings. The lowest BCUT2D eigenvalue weighted by molar-refractivity contribution is 0.0129. The Morgan fingerprint density at radius 2 is 1.55 bits per heavy atom. The lowest BCUT2D eigenvalue weighted by Crippen LogP contribution is -2.31. The zero-order valence-corrected chi connectivity index (χ0v) is 20.3. The van der Waals surface area contributed by atoms with Crippen molar-refractivity contribution >= 4 is 22.0 Å². The predicted molar refractivity (Wildman–Crippen MR) is 132 cm³/mol. The van der Waals surface area contributed by atoms with Gasteiger partial charge in [-0.3, -0.25) is 0 Å². The number of ether oxygens (including phenoxy) is 1. The zero-order valence-electron chi connectivity index (χ0n) is 18.7. The third kappa shape index (κ3) is 4.98. The highest BCUT2D eigenvalue weighted by Crippen LogP contribution is 2.44. The Hall–Kier alpha value is -2.67. The number of carbonyl (C=O) groups is 1. The van der Waals surface area contributed by atoms with Gasteiger partial charge in [0.05, 0.1) is 6.10 Å². The lowest BCUT2D eigenvalue weighted by atomic mass is 9.94. The van der Waals surface area contributed by atoms with Crippen LogP contribution < -0.4 is 5.32 Å². The molecule has 1 amide bonds. The van der Waals surface area contributed by atoms with Crippen molar-refractivity contribution in [3.63, 3.8) is 0 Å². The van der Waals surface area contributed by atoms with Crippen LogP contribution in [-0.2, 0) is 4.74 Å². The monoisotopic (exact) mass is 509 g/mol. The maximum absolute atomic E-state index is 12.3. The van der Waals surface area contributed by atoms with Gasteiger partial charge in [0.1, 0.15) is 12.7 Å². The van der Waals surface area contributed by atoms with Gasteiger partial charge in [-0.2, -0.15) is 0 Å². The fourth-order valence-corrected chi connectivity index (χ4v) is 5.40. The average Bonchev–Trinajstić information content (AvgIpc) is 3.10. The number of aryl methyl sites for hydroxylation is 2. The molecule has 0 spiro atoms. The molecule has 0 fully saturated rings. The third-order valence-electron chi connectivity index (χ3n) is 6.27. The number of aliphatic hydroxyl groups is 2. The standard InChI is InChI=1S/C27H28BrNO4/c1-16-13-18(28)14-17(2)25(16)26(31)24(30)11-12-29-27(32)33-15-23-21-9-5-3-7-19(21)20-8-4-6-10-22(20)23/h3-10,13-14,23-24,26,30-31H,11-12,15H2,1-2H3,(H,29,32). The van der Waals surface area contributed by atoms with E-state index >= 15 is 0 Å². The van der Waals surface area contributed by atoms with Crippen molar-refractivity contribution in [2.75, 3.05) is 13.2 Å². The maximum atomic E-state index is 12.3. The molecule has 33 heavy (non-hydrogen) atoms. The third-order valence-corrected chi connectivity index (χ3v) is 6.73. The van der Waals surface area contributed by atoms with E-state index < -0.39 is 18.3 Å². The van der Waals surface area contributed by atoms with Gasteiger partial charge in [0, 0.05) is 16.9 Å². The largest absolute Gasteiger partial charge is 0.449 e. The van der Waals surface area contributed by atoms with Gasteiger partial charge in [0.2, 0.25) is 0 Å². The summed E-state index contributed by atoms with van der Waals surface area (Å²) in [6.07, 6.45) is -2.35. The van der Waals surface area contributed by atoms with E-state index in [1.807, 2.05) is 50.2 Å². The molecule has 1 aliphatic carbocycles. The smallest absolute Gasteiger partial charge is 0.407 e. The number of halogens is 1. The molecular formula is C27H28BrNO4. The van der Waals surface area contributed by atoms with Gasteiger partial charge in [-0.05, 0) is 71.3 Å². The van der Waals surface area contributed by atoms with E-state index in [0.717, 1.165) is 26.7 Å². The molecule has 3 aromatic rings. The Labute approximate surface area is 202 Å². The van der Waals surface area contributed by atoms with Crippen molar-refractivity contribution in [1.82, 2.24) is 5.32 Å². The molecular weight excluding hydrogens is 482 g/mol. The molecule has 0 aromatic heterocycles. The van der Waals surface area contributed by atoms with E-state index in [0.29, 0.717) is 5.56 Å². The van der Waals surface area contributed by atoms with Crippen LogP contribution in [0.4, 0.5) is 4.79 Å². The maximum Gasteiger partial charge on any atom is 0.407 e. The highest BCUT2D eigenvalue weighted by atomic mass is 79.9. The number of hydrogen-bond acceptors (Lipinski definition) is 4. The van der Waals surface area contributed by atoms with Crippen molar-refractivity contribution in [3.8, 4) is 11.1 Å². The second kappa shape index (κ2) is 10.1. The summed E-state index contributed by atoms with van der Waals surface area (Å²) in [7, 11) is 0. The summed E-state index contributed by atoms with van der Waals surface area (Å²) in [6, 6.07) is 20.2. The van der Waals surface area contributed by atoms with Gasteiger partial charge in [-0.25, -0.2) is 4.79 Å². The molecule has 0 bridgehead atoms. The second-order valence-electron chi connectivity index (χ2n) is 8.51. The molecule has 4 rings (SSSR count). The van der Waals surface area contributed by atoms with Crippen LogP contribution in [0.3, 0.4) is 0 Å². The van der Waals surface area contributed by atoms with Gasteiger partial charge in [0.15, 0.2) is 0 Å². The summed E-state index contributed by atoms with van der Waals surface area (Å²) in [5.74, 6) is -0.00100. The number of hydrogen-bond donors (Lipinski definition) is 3. The topological polar surface area (TPSA) is 78.8 Å². The first-order valence-electron chi connectivity index (χ1n) is 11.1. The first-order chi connectivity index (χ1) is 15.9. The molecule has 6 heteroatoms. The minimum Gasteiger partial charge on any atom is -0.449 e. The van der Waals surface area contributed by atoms with Crippen molar-refractivity contribution < 1.29 is 19.7 Å². The molecule has 0 saturated heterocycles. The molecule has 0 aliphatic heterocycles. The fraction of sp³-hybridized carbons (Fsp3) is 0.296. The summed E-state index contributed by atoms with van der Waals surface area (Å²) in [5, 5.41) is 23.8. The van der Waals surface area contributed by atoms with Crippen molar-refractivity contribution in [3.05, 3.63) is 93.0 Å². The van der Waals surface area contributed by atoms with Crippen LogP contribution in [0.2, 0.25) is 0 Å². The number of rotatable bonds is 7. The average molecular weight is 510 g/mol. The molecule has 0 heterocycles. The second-order valence-corrected chi connectivity index (χ2v) is 9.42. The number of aliphatic hydroxyl groups excluding tert-OH is 2. The highest BCUT2D eigenvalue weighted by molar-refractivity contribution is 9.10. The van der Waals surface area contributed by atoms with Crippen molar-refractivity contribution in [2.45, 2.75) is 38.4 Å². The summed E-state index contributed by atoms with van der Waals surface area (Å²) in [5.41, 5.74) is 7.19. The Morgan fingerprint density at radius 1 is 1.00 bits per heavy atom. The molecule has 0 radical (unpaired) electrons. The molecule has 3 N–H and O–H groups in total. The lowest BCUT2D eigenvalue weighted by Gasteiger charge is -2.22. The molecule has 5 nitrogen and oxygen atoms in total. The van der Waals surface area contributed by atoms with E-state index in [-0.39, 0.29) is 25.5 Å². The summed E-state index contributed by atoms with van der Waals surface area (Å²) in [6.45, 7) is 4.24. The van der Waals surface area contributed by atoms with Crippen LogP contribution in [0.1, 0.15) is 46.3 Å². The summed E-state index contributed by atoms with van der Waals surface area (Å²) in [4.78, 5) is 12.3. The van der Waals surface area contributed by atoms with Crippen LogP contribution in [-0.4, -0.2) is 35.6 Å². The normalized spacial score (nSPS) is 14.3. The highest BCUT2D eigenvalue weighted by Gasteiger charge is 2.29. The Morgan fingerprint density at radius 3 is 2.12 bits per heavy atom. The molecule has 0 saturated carbocycles. The van der Waals surface area contributed by atoms with E-state index in [4.69, 9.17) is 4.74 Å². The Kier molecular flexibility index (Phi) is 7.17. The minimum atomic E-state index is -1.03. The van der Waals surface area contributed by atoms with Gasteiger partial charge in [-0.15, -0.1) is 0 Å². The summed E-state index contributed by atoms with van der Waals surface area (Å²) >= 11 is 3.44. The van der Waals surface area contributed by atoms with Crippen LogP contribution >= 0.6 is 15.9 Å². The van der Waals surface area contributed by atoms with Gasteiger partial charge >= 0.3 is 6.09 Å². The van der Waals surface area contributed by atoms with Crippen molar-refractivity contribution in [1.29, 1.82) is 0 Å². The fourth-order valence-electron chi connectivity index (χ4n) is 4.71. The Bertz CT molecular complexity index is 1090. The van der Waals surface area contributed by atoms with Crippen LogP contribution in [0.15, 0.2) is 65.1 Å². The summed E-state index contributed by atoms with van der Waals surface area (Å²) < 4.78 is 6.45. The van der Waals surface area contributed by atoms with Crippen molar-refractivity contribution in [2.24, 2.45) is 0 Å². The number of nitrogens with one attached hydrogen (secondary N) is 1. The first-order valence-corrected chi connectivity index (χ1v) is 11.9. The van der Waals surface area contributed by atoms with Gasteiger partial charge < -0.3 is 20.3 Å². The first kappa shape index (κ1) is 23.5. The van der Waals surface area contributed by atoms with Crippen LogP contribution in [0, 0.1) is 13.8 Å². The van der Waals surface area contributed by atoms with Crippen LogP contribution in [0.25, 0.3) is 11.1 Å². The Balaban J connectivity index is 1.30. The number of amides is 1. The minimum absolute atomic E-state index is 0.00100. The van der Waals surface area contributed by atoms with E-state index in [1.165, 1.54) is 11.1 Å². The van der Waals surface area contributed by atoms with E-state index in [1.54, 1.807) is 0 Å². The van der Waals surface area contributed by atoms with E-state index in [2.05, 4.69) is 45.5 Å². The number of carbonyl (C=O) groups excluding carboxylic acids is 1. The number of benzene rings is 3. The van der Waals surface area contributed by atoms with Gasteiger partial charge in [-0.1, -0.05) is 64.5 Å². The zero-order chi connectivity index (χ0) is 23.5. The van der Waals surface area contributed by atoms with E-state index in [9.17, 15) is 15.0 Å². The number of fused-ring (bicyclic) bond motifs is 3.